The molecule has 0 aliphatic heterocycles. The fourth-order valence-electron chi connectivity index (χ4n) is 2.56. The molecule has 2 aromatic rings. The Morgan fingerprint density at radius 1 is 1.26 bits per heavy atom. The van der Waals surface area contributed by atoms with E-state index in [2.05, 4.69) is 22.2 Å². The van der Waals surface area contributed by atoms with Crippen LogP contribution in [0.1, 0.15) is 36.2 Å². The molecule has 23 heavy (non-hydrogen) atoms. The third-order valence-electron chi connectivity index (χ3n) is 3.55. The van der Waals surface area contributed by atoms with Crippen molar-refractivity contribution in [1.82, 2.24) is 15.3 Å². The van der Waals surface area contributed by atoms with E-state index in [4.69, 9.17) is 4.74 Å². The maximum Gasteiger partial charge on any atom is 0.308 e. The van der Waals surface area contributed by atoms with Crippen molar-refractivity contribution in [1.29, 1.82) is 0 Å². The van der Waals surface area contributed by atoms with Gasteiger partial charge in [0.05, 0.1) is 5.69 Å². The molecule has 0 amide bonds. The molecule has 0 fully saturated rings. The van der Waals surface area contributed by atoms with Crippen LogP contribution in [0.3, 0.4) is 0 Å². The zero-order valence-electron chi connectivity index (χ0n) is 14.1. The van der Waals surface area contributed by atoms with Gasteiger partial charge in [-0.25, -0.2) is 0 Å². The highest BCUT2D eigenvalue weighted by molar-refractivity contribution is 5.70. The highest BCUT2D eigenvalue weighted by Gasteiger charge is 2.10. The first-order valence-corrected chi connectivity index (χ1v) is 7.72. The highest BCUT2D eigenvalue weighted by atomic mass is 16.5. The van der Waals surface area contributed by atoms with E-state index in [1.807, 2.05) is 26.0 Å². The van der Waals surface area contributed by atoms with Crippen molar-refractivity contribution < 1.29 is 9.53 Å². The second-order valence-corrected chi connectivity index (χ2v) is 5.84. The van der Waals surface area contributed by atoms with Gasteiger partial charge < -0.3 is 10.1 Å². The lowest BCUT2D eigenvalue weighted by molar-refractivity contribution is -0.131. The molecule has 1 aromatic heterocycles. The summed E-state index contributed by atoms with van der Waals surface area (Å²) in [6.45, 7) is 8.21. The Balaban J connectivity index is 1.96. The minimum atomic E-state index is -0.292. The second-order valence-electron chi connectivity index (χ2n) is 5.84. The Morgan fingerprint density at radius 3 is 2.52 bits per heavy atom. The normalized spacial score (nSPS) is 12.0. The fourth-order valence-corrected chi connectivity index (χ4v) is 2.56. The first-order valence-electron chi connectivity index (χ1n) is 7.72. The monoisotopic (exact) mass is 313 g/mol. The molecule has 122 valence electrons. The second kappa shape index (κ2) is 7.83. The number of rotatable bonds is 6. The molecular formula is C18H23N3O2. The summed E-state index contributed by atoms with van der Waals surface area (Å²) in [6, 6.07) is 4.39. The average Bonchev–Trinajstić information content (AvgIpc) is 2.50. The Kier molecular flexibility index (Phi) is 5.82. The summed E-state index contributed by atoms with van der Waals surface area (Å²) >= 11 is 0. The number of esters is 1. The molecule has 0 unspecified atom stereocenters. The van der Waals surface area contributed by atoms with Crippen molar-refractivity contribution in [3.05, 3.63) is 53.1 Å². The van der Waals surface area contributed by atoms with Crippen LogP contribution in [0.25, 0.3) is 0 Å². The standard InChI is InChI=1S/C18H23N3O2/c1-12-7-16(8-13(2)18(12)23-15(4)22)10-21-14(3)9-17-11-19-5-6-20-17/h5-8,11,14,21H,9-10H2,1-4H3/t14-/m1/s1. The topological polar surface area (TPSA) is 64.1 Å². The van der Waals surface area contributed by atoms with Gasteiger partial charge in [-0.05, 0) is 37.5 Å². The van der Waals surface area contributed by atoms with Gasteiger partial charge in [0.15, 0.2) is 0 Å². The molecule has 0 saturated carbocycles. The first-order chi connectivity index (χ1) is 11.0. The Labute approximate surface area is 137 Å². The summed E-state index contributed by atoms with van der Waals surface area (Å²) in [6.07, 6.45) is 6.01. The summed E-state index contributed by atoms with van der Waals surface area (Å²) < 4.78 is 5.26. The van der Waals surface area contributed by atoms with Crippen LogP contribution in [0.2, 0.25) is 0 Å². The summed E-state index contributed by atoms with van der Waals surface area (Å²) in [5.41, 5.74) is 4.09. The van der Waals surface area contributed by atoms with Crippen LogP contribution < -0.4 is 10.1 Å². The quantitative estimate of drug-likeness (QED) is 0.656. The number of hydrogen-bond donors (Lipinski definition) is 1. The number of nitrogens with one attached hydrogen (secondary N) is 1. The number of ether oxygens (including phenoxy) is 1. The van der Waals surface area contributed by atoms with Gasteiger partial charge in [0, 0.05) is 44.5 Å². The predicted molar refractivity (Wildman–Crippen MR) is 89.3 cm³/mol. The maximum atomic E-state index is 11.1. The smallest absolute Gasteiger partial charge is 0.308 e. The molecule has 0 aliphatic carbocycles. The summed E-state index contributed by atoms with van der Waals surface area (Å²) in [4.78, 5) is 19.5. The van der Waals surface area contributed by atoms with Crippen molar-refractivity contribution in [2.75, 3.05) is 0 Å². The van der Waals surface area contributed by atoms with E-state index in [9.17, 15) is 4.79 Å². The van der Waals surface area contributed by atoms with Gasteiger partial charge >= 0.3 is 5.97 Å². The number of benzene rings is 1. The fraction of sp³-hybridized carbons (Fsp3) is 0.389. The molecule has 0 spiro atoms. The molecule has 1 atom stereocenters. The number of carbonyl (C=O) groups is 1. The Bertz CT molecular complexity index is 648. The number of aryl methyl sites for hydroxylation is 2. The van der Waals surface area contributed by atoms with Crippen molar-refractivity contribution in [2.24, 2.45) is 0 Å². The van der Waals surface area contributed by atoms with Gasteiger partial charge in [0.2, 0.25) is 0 Å². The number of hydrogen-bond acceptors (Lipinski definition) is 5. The molecule has 5 nitrogen and oxygen atoms in total. The van der Waals surface area contributed by atoms with Gasteiger partial charge in [0.25, 0.3) is 0 Å². The largest absolute Gasteiger partial charge is 0.426 e. The van der Waals surface area contributed by atoms with Crippen LogP contribution in [0.15, 0.2) is 30.7 Å². The van der Waals surface area contributed by atoms with E-state index >= 15 is 0 Å². The van der Waals surface area contributed by atoms with Gasteiger partial charge in [-0.2, -0.15) is 0 Å². The number of carbonyl (C=O) groups excluding carboxylic acids is 1. The average molecular weight is 313 g/mol. The van der Waals surface area contributed by atoms with Gasteiger partial charge in [-0.15, -0.1) is 0 Å². The van der Waals surface area contributed by atoms with E-state index in [-0.39, 0.29) is 5.97 Å². The number of nitrogens with zero attached hydrogens (tertiary/aromatic N) is 2. The molecule has 0 bridgehead atoms. The zero-order valence-corrected chi connectivity index (χ0v) is 14.1. The Morgan fingerprint density at radius 2 is 1.96 bits per heavy atom. The van der Waals surface area contributed by atoms with Crippen LogP contribution >= 0.6 is 0 Å². The minimum absolute atomic E-state index is 0.292. The van der Waals surface area contributed by atoms with Crippen LogP contribution in [0.5, 0.6) is 5.75 Å². The van der Waals surface area contributed by atoms with Crippen LogP contribution in [-0.2, 0) is 17.8 Å². The Hall–Kier alpha value is -2.27. The van der Waals surface area contributed by atoms with Crippen LogP contribution in [-0.4, -0.2) is 22.0 Å². The number of aromatic nitrogens is 2. The lowest BCUT2D eigenvalue weighted by Gasteiger charge is -2.15. The van der Waals surface area contributed by atoms with E-state index in [1.54, 1.807) is 18.6 Å². The molecule has 1 heterocycles. The molecular weight excluding hydrogens is 290 g/mol. The van der Waals surface area contributed by atoms with Crippen molar-refractivity contribution >= 4 is 5.97 Å². The molecule has 0 saturated heterocycles. The third kappa shape index (κ3) is 5.14. The van der Waals surface area contributed by atoms with Gasteiger partial charge in [0.1, 0.15) is 5.75 Å². The van der Waals surface area contributed by atoms with Gasteiger partial charge in [-0.1, -0.05) is 12.1 Å². The molecule has 5 heteroatoms. The highest BCUT2D eigenvalue weighted by Crippen LogP contribution is 2.25. The lowest BCUT2D eigenvalue weighted by Crippen LogP contribution is -2.28. The summed E-state index contributed by atoms with van der Waals surface area (Å²) in [7, 11) is 0. The summed E-state index contributed by atoms with van der Waals surface area (Å²) in [5, 5.41) is 3.49. The van der Waals surface area contributed by atoms with Crippen molar-refractivity contribution in [3.8, 4) is 5.75 Å². The van der Waals surface area contributed by atoms with E-state index in [0.29, 0.717) is 11.8 Å². The molecule has 1 N–H and O–H groups in total. The minimum Gasteiger partial charge on any atom is -0.426 e. The molecule has 0 aliphatic rings. The predicted octanol–water partition coefficient (Wildman–Crippen LogP) is 2.74. The first kappa shape index (κ1) is 17.1. The summed E-state index contributed by atoms with van der Waals surface area (Å²) in [5.74, 6) is 0.369. The van der Waals surface area contributed by atoms with Crippen molar-refractivity contribution in [3.63, 3.8) is 0 Å². The van der Waals surface area contributed by atoms with E-state index < -0.39 is 0 Å². The maximum absolute atomic E-state index is 11.1. The molecule has 1 aromatic carbocycles. The SMILES string of the molecule is CC(=O)Oc1c(C)cc(CN[C@H](C)Cc2cnccn2)cc1C. The van der Waals surface area contributed by atoms with E-state index in [0.717, 1.165) is 29.8 Å². The third-order valence-corrected chi connectivity index (χ3v) is 3.55. The van der Waals surface area contributed by atoms with Gasteiger partial charge in [-0.3, -0.25) is 14.8 Å². The lowest BCUT2D eigenvalue weighted by atomic mass is 10.0. The molecule has 2 rings (SSSR count). The van der Waals surface area contributed by atoms with Crippen LogP contribution in [0, 0.1) is 13.8 Å². The van der Waals surface area contributed by atoms with E-state index in [1.165, 1.54) is 12.5 Å². The zero-order chi connectivity index (χ0) is 16.8. The van der Waals surface area contributed by atoms with Crippen molar-refractivity contribution in [2.45, 2.75) is 46.7 Å². The molecule has 0 radical (unpaired) electrons. The van der Waals surface area contributed by atoms with Crippen LogP contribution in [0.4, 0.5) is 0 Å².